The van der Waals surface area contributed by atoms with Crippen LogP contribution in [0, 0.1) is 5.92 Å². The first-order valence-corrected chi connectivity index (χ1v) is 17.8. The van der Waals surface area contributed by atoms with Crippen LogP contribution in [-0.4, -0.2) is 110 Å². The number of amides is 5. The molecule has 6 atom stereocenters. The fourth-order valence-electron chi connectivity index (χ4n) is 5.52. The number of fused-ring (bicyclic) bond motifs is 1. The maximum atomic E-state index is 13.3. The molecule has 292 valence electrons. The highest BCUT2D eigenvalue weighted by atomic mass is 32.1. The number of hydrogen-bond acceptors (Lipinski definition) is 10. The lowest BCUT2D eigenvalue weighted by atomic mass is 10.0. The number of aliphatic carboxylic acids is 2. The van der Waals surface area contributed by atoms with Gasteiger partial charge in [-0.1, -0.05) is 62.4 Å². The third kappa shape index (κ3) is 12.9. The van der Waals surface area contributed by atoms with E-state index in [-0.39, 0.29) is 30.9 Å². The second-order valence-corrected chi connectivity index (χ2v) is 13.5. The van der Waals surface area contributed by atoms with Gasteiger partial charge in [0.25, 0.3) is 0 Å². The number of nitrogens with one attached hydrogen (secondary N) is 6. The number of aliphatic hydroxyl groups excluding tert-OH is 1. The normalized spacial score (nSPS) is 14.5. The first-order chi connectivity index (χ1) is 25.6. The van der Waals surface area contributed by atoms with Crippen molar-refractivity contribution in [3.63, 3.8) is 0 Å². The fraction of sp³-hybridized carbons (Fsp3) is 0.417. The van der Waals surface area contributed by atoms with Gasteiger partial charge in [-0.15, -0.1) is 0 Å². The highest BCUT2D eigenvalue weighted by Crippen LogP contribution is 2.19. The number of H-pyrrole nitrogens is 1. The Morgan fingerprint density at radius 2 is 1.24 bits per heavy atom. The van der Waals surface area contributed by atoms with E-state index >= 15 is 0 Å². The predicted molar refractivity (Wildman–Crippen MR) is 200 cm³/mol. The van der Waals surface area contributed by atoms with E-state index in [0.29, 0.717) is 5.56 Å². The monoisotopic (exact) mass is 769 g/mol. The van der Waals surface area contributed by atoms with Crippen molar-refractivity contribution in [2.75, 3.05) is 12.4 Å². The topological polar surface area (TPSA) is 282 Å². The average Bonchev–Trinajstić information content (AvgIpc) is 3.53. The van der Waals surface area contributed by atoms with E-state index in [0.717, 1.165) is 16.5 Å². The average molecular weight is 770 g/mol. The lowest BCUT2D eigenvalue weighted by Crippen LogP contribution is -2.60. The molecule has 0 saturated heterocycles. The minimum Gasteiger partial charge on any atom is -0.481 e. The molecule has 3 aromatic rings. The Bertz CT molecular complexity index is 1790. The lowest BCUT2D eigenvalue weighted by Gasteiger charge is -2.26. The van der Waals surface area contributed by atoms with Crippen LogP contribution in [-0.2, 0) is 46.4 Å². The largest absolute Gasteiger partial charge is 0.481 e. The molecular weight excluding hydrogens is 723 g/mol. The summed E-state index contributed by atoms with van der Waals surface area (Å²) in [4.78, 5) is 92.6. The number of rotatable bonds is 21. The van der Waals surface area contributed by atoms with Crippen molar-refractivity contribution >= 4 is 65.0 Å². The van der Waals surface area contributed by atoms with Crippen LogP contribution in [0.4, 0.5) is 0 Å². The van der Waals surface area contributed by atoms with Crippen molar-refractivity contribution in [3.05, 3.63) is 71.9 Å². The van der Waals surface area contributed by atoms with E-state index in [1.165, 1.54) is 0 Å². The molecule has 18 heteroatoms. The van der Waals surface area contributed by atoms with Crippen LogP contribution in [0.1, 0.15) is 37.8 Å². The van der Waals surface area contributed by atoms with Crippen LogP contribution < -0.4 is 32.3 Å². The molecule has 5 amide bonds. The van der Waals surface area contributed by atoms with Gasteiger partial charge in [0.2, 0.25) is 29.5 Å². The van der Waals surface area contributed by atoms with Crippen molar-refractivity contribution < 1.29 is 48.9 Å². The van der Waals surface area contributed by atoms with E-state index in [2.05, 4.69) is 44.2 Å². The molecule has 0 unspecified atom stereocenters. The molecule has 3 rings (SSSR count). The molecule has 2 aromatic carbocycles. The van der Waals surface area contributed by atoms with Gasteiger partial charge in [-0.05, 0) is 36.0 Å². The van der Waals surface area contributed by atoms with Gasteiger partial charge < -0.3 is 52.6 Å². The Morgan fingerprint density at radius 1 is 0.704 bits per heavy atom. The van der Waals surface area contributed by atoms with Crippen LogP contribution in [0.25, 0.3) is 10.9 Å². The molecule has 1 aromatic heterocycles. The number of carboxylic acids is 2. The van der Waals surface area contributed by atoms with Crippen LogP contribution in [0.15, 0.2) is 60.8 Å². The van der Waals surface area contributed by atoms with E-state index < -0.39 is 90.8 Å². The van der Waals surface area contributed by atoms with Crippen molar-refractivity contribution in [2.45, 2.75) is 75.8 Å². The van der Waals surface area contributed by atoms with Gasteiger partial charge in [0.15, 0.2) is 0 Å². The number of benzene rings is 2. The zero-order valence-corrected chi connectivity index (χ0v) is 30.7. The number of aliphatic hydroxyl groups is 1. The molecule has 0 radical (unpaired) electrons. The summed E-state index contributed by atoms with van der Waals surface area (Å²) in [5.41, 5.74) is 8.28. The molecule has 0 aliphatic heterocycles. The van der Waals surface area contributed by atoms with Crippen molar-refractivity contribution in [3.8, 4) is 0 Å². The Morgan fingerprint density at radius 3 is 1.85 bits per heavy atom. The second-order valence-electron chi connectivity index (χ2n) is 13.1. The number of aromatic nitrogens is 1. The van der Waals surface area contributed by atoms with Gasteiger partial charge in [-0.3, -0.25) is 28.8 Å². The lowest BCUT2D eigenvalue weighted by molar-refractivity contribution is -0.143. The van der Waals surface area contributed by atoms with Crippen LogP contribution >= 0.6 is 12.6 Å². The number of carboxylic acid groups (broad SMARTS) is 2. The van der Waals surface area contributed by atoms with E-state index in [1.54, 1.807) is 50.4 Å². The molecule has 0 spiro atoms. The van der Waals surface area contributed by atoms with E-state index in [4.69, 9.17) is 5.73 Å². The smallest absolute Gasteiger partial charge is 0.326 e. The number of para-hydroxylation sites is 1. The summed E-state index contributed by atoms with van der Waals surface area (Å²) < 4.78 is 0. The first-order valence-electron chi connectivity index (χ1n) is 17.2. The summed E-state index contributed by atoms with van der Waals surface area (Å²) in [6, 6.07) is 7.37. The van der Waals surface area contributed by atoms with Crippen molar-refractivity contribution in [1.82, 2.24) is 31.6 Å². The highest BCUT2D eigenvalue weighted by molar-refractivity contribution is 7.80. The van der Waals surface area contributed by atoms with Gasteiger partial charge in [-0.2, -0.15) is 12.6 Å². The standard InChI is InChI=1S/C36H47N7O10S/c1-19(2)12-27(36(52)53)41-32(48)25(13-20-8-4-3-5-9-20)40-34(50)28(17-44)42-35(51)29(18-54)43-33(49)26(15-30(45)46)39-31(47)23(37)14-21-16-38-24-11-7-6-10-22(21)24/h3-11,16,19,23,25-29,38,44,54H,12-15,17-18,37H2,1-2H3,(H,39,47)(H,40,50)(H,41,48)(H,42,51)(H,43,49)(H,45,46)(H,52,53)/t23-,25-,26-,27-,28-,29-/m0/s1. The van der Waals surface area contributed by atoms with Gasteiger partial charge in [0, 0.05) is 29.3 Å². The minimum absolute atomic E-state index is 0.0596. The van der Waals surface area contributed by atoms with Gasteiger partial charge >= 0.3 is 11.9 Å². The number of carbonyl (C=O) groups excluding carboxylic acids is 5. The maximum Gasteiger partial charge on any atom is 0.326 e. The van der Waals surface area contributed by atoms with Gasteiger partial charge in [-0.25, -0.2) is 4.79 Å². The van der Waals surface area contributed by atoms with E-state index in [9.17, 15) is 48.9 Å². The first kappa shape index (κ1) is 42.9. The summed E-state index contributed by atoms with van der Waals surface area (Å²) in [5, 5.41) is 41.8. The maximum absolute atomic E-state index is 13.3. The Hall–Kier alpha value is -5.46. The molecule has 54 heavy (non-hydrogen) atoms. The SMILES string of the molecule is CC(C)C[C@H](NC(=O)[C@H](Cc1ccccc1)NC(=O)[C@H](CO)NC(=O)[C@H](CS)NC(=O)[C@H](CC(=O)O)NC(=O)[C@@H](N)Cc1c[nH]c2ccccc12)C(=O)O. The van der Waals surface area contributed by atoms with Crippen LogP contribution in [0.3, 0.4) is 0 Å². The number of aromatic amines is 1. The van der Waals surface area contributed by atoms with Crippen molar-refractivity contribution in [2.24, 2.45) is 11.7 Å². The van der Waals surface area contributed by atoms with Crippen LogP contribution in [0.5, 0.6) is 0 Å². The third-order valence-electron chi connectivity index (χ3n) is 8.33. The zero-order valence-electron chi connectivity index (χ0n) is 29.8. The Labute approximate surface area is 316 Å². The minimum atomic E-state index is -1.65. The quantitative estimate of drug-likeness (QED) is 0.0599. The third-order valence-corrected chi connectivity index (χ3v) is 8.70. The number of nitrogens with two attached hydrogens (primary N) is 1. The van der Waals surface area contributed by atoms with Gasteiger partial charge in [0.1, 0.15) is 30.2 Å². The predicted octanol–water partition coefficient (Wildman–Crippen LogP) is -0.768. The molecule has 1 heterocycles. The molecule has 0 saturated carbocycles. The fourth-order valence-corrected chi connectivity index (χ4v) is 5.78. The summed E-state index contributed by atoms with van der Waals surface area (Å²) >= 11 is 4.10. The molecule has 0 aliphatic carbocycles. The second kappa shape index (κ2) is 20.7. The zero-order chi connectivity index (χ0) is 39.9. The summed E-state index contributed by atoms with van der Waals surface area (Å²) in [6.45, 7) is 2.62. The molecule has 0 aliphatic rings. The van der Waals surface area contributed by atoms with Crippen molar-refractivity contribution in [1.29, 1.82) is 0 Å². The number of thiol groups is 1. The number of hydrogen-bond donors (Lipinski definition) is 11. The molecule has 17 nitrogen and oxygen atoms in total. The molecule has 0 bridgehead atoms. The van der Waals surface area contributed by atoms with Crippen LogP contribution in [0.2, 0.25) is 0 Å². The molecular formula is C36H47N7O10S. The molecule has 0 fully saturated rings. The van der Waals surface area contributed by atoms with E-state index in [1.807, 2.05) is 24.3 Å². The van der Waals surface area contributed by atoms with Gasteiger partial charge in [0.05, 0.1) is 19.1 Å². The Balaban J connectivity index is 1.68. The summed E-state index contributed by atoms with van der Waals surface area (Å²) in [6.07, 6.45) is 0.959. The Kier molecular flexibility index (Phi) is 16.5. The molecule has 11 N–H and O–H groups in total. The summed E-state index contributed by atoms with van der Waals surface area (Å²) in [7, 11) is 0. The summed E-state index contributed by atoms with van der Waals surface area (Å²) in [5.74, 6) is -7.81. The number of carbonyl (C=O) groups is 7. The highest BCUT2D eigenvalue weighted by Gasteiger charge is 2.33.